The predicted octanol–water partition coefficient (Wildman–Crippen LogP) is 1.14. The molecule has 0 heterocycles. The predicted molar refractivity (Wildman–Crippen MR) is 99.4 cm³/mol. The van der Waals surface area contributed by atoms with Crippen LogP contribution >= 0.6 is 12.2 Å². The number of carbonyl (C=O) groups excluding carboxylic acids is 1. The fraction of sp³-hybridized carbons (Fsp3) is 0.467. The van der Waals surface area contributed by atoms with E-state index in [9.17, 15) is 13.2 Å². The Bertz CT molecular complexity index is 690. The molecule has 0 spiro atoms. The molecule has 0 unspecified atom stereocenters. The first kappa shape index (κ1) is 20.3. The van der Waals surface area contributed by atoms with E-state index in [1.165, 1.54) is 26.2 Å². The topological polar surface area (TPSA) is 90.5 Å². The number of benzene rings is 1. The van der Waals surface area contributed by atoms with Crippen LogP contribution in [0.4, 0.5) is 5.69 Å². The monoisotopic (exact) mass is 372 g/mol. The van der Waals surface area contributed by atoms with E-state index >= 15 is 0 Å². The summed E-state index contributed by atoms with van der Waals surface area (Å²) in [4.78, 5) is 12.0. The van der Waals surface area contributed by atoms with E-state index in [2.05, 4.69) is 16.0 Å². The highest BCUT2D eigenvalue weighted by atomic mass is 32.2. The minimum Gasteiger partial charge on any atom is -0.354 e. The second-order valence-electron chi connectivity index (χ2n) is 5.43. The van der Waals surface area contributed by atoms with Crippen LogP contribution in [0.5, 0.6) is 0 Å². The Morgan fingerprint density at radius 1 is 1.33 bits per heavy atom. The molecule has 0 saturated carbocycles. The lowest BCUT2D eigenvalue weighted by Crippen LogP contribution is -2.46. The average Bonchev–Trinajstić information content (AvgIpc) is 2.52. The number of amides is 1. The Morgan fingerprint density at radius 3 is 2.58 bits per heavy atom. The quantitative estimate of drug-likeness (QED) is 0.622. The van der Waals surface area contributed by atoms with Gasteiger partial charge in [0.05, 0.1) is 4.90 Å². The second kappa shape index (κ2) is 8.95. The van der Waals surface area contributed by atoms with Crippen LogP contribution in [0.25, 0.3) is 0 Å². The molecule has 1 rings (SSSR count). The van der Waals surface area contributed by atoms with Crippen LogP contribution < -0.4 is 16.0 Å². The zero-order valence-electron chi connectivity index (χ0n) is 14.3. The molecule has 24 heavy (non-hydrogen) atoms. The number of thiocarbonyl (C=S) groups is 1. The third kappa shape index (κ3) is 5.73. The number of anilines is 1. The molecule has 134 valence electrons. The van der Waals surface area contributed by atoms with Crippen molar-refractivity contribution in [3.05, 3.63) is 24.3 Å². The minimum atomic E-state index is -3.52. The van der Waals surface area contributed by atoms with Crippen molar-refractivity contribution in [1.29, 1.82) is 0 Å². The number of hydrogen-bond acceptors (Lipinski definition) is 4. The van der Waals surface area contributed by atoms with E-state index in [0.29, 0.717) is 12.2 Å². The van der Waals surface area contributed by atoms with Gasteiger partial charge in [0, 0.05) is 26.3 Å². The van der Waals surface area contributed by atoms with Crippen molar-refractivity contribution in [3.8, 4) is 0 Å². The Morgan fingerprint density at radius 2 is 2.00 bits per heavy atom. The van der Waals surface area contributed by atoms with Crippen LogP contribution in [0.3, 0.4) is 0 Å². The van der Waals surface area contributed by atoms with Crippen LogP contribution in [-0.2, 0) is 14.8 Å². The van der Waals surface area contributed by atoms with Gasteiger partial charge in [0.2, 0.25) is 15.9 Å². The summed E-state index contributed by atoms with van der Waals surface area (Å²) in [5.74, 6) is -0.148. The van der Waals surface area contributed by atoms with Gasteiger partial charge in [-0.25, -0.2) is 12.7 Å². The fourth-order valence-electron chi connectivity index (χ4n) is 1.78. The van der Waals surface area contributed by atoms with Crippen LogP contribution in [0.15, 0.2) is 29.2 Å². The maximum absolute atomic E-state index is 12.1. The number of sulfonamides is 1. The zero-order valence-corrected chi connectivity index (χ0v) is 15.9. The van der Waals surface area contributed by atoms with Crippen molar-refractivity contribution in [2.45, 2.75) is 31.2 Å². The normalized spacial score (nSPS) is 12.5. The molecule has 3 N–H and O–H groups in total. The number of carbonyl (C=O) groups is 1. The van der Waals surface area contributed by atoms with Gasteiger partial charge in [-0.3, -0.25) is 4.79 Å². The van der Waals surface area contributed by atoms with E-state index in [1.54, 1.807) is 19.1 Å². The summed E-state index contributed by atoms with van der Waals surface area (Å²) in [5, 5.41) is 8.77. The van der Waals surface area contributed by atoms with Gasteiger partial charge in [-0.2, -0.15) is 0 Å². The second-order valence-corrected chi connectivity index (χ2v) is 7.99. The standard InChI is InChI=1S/C15H24N4O3S2/c1-5-9-16-14(20)11(2)17-15(23)18-12-7-6-8-13(10-12)24(21,22)19(3)4/h6-8,10-11H,5,9H2,1-4H3,(H,16,20)(H2,17,18,23)/t11-/m1/s1. The third-order valence-corrected chi connectivity index (χ3v) is 5.19. The summed E-state index contributed by atoms with van der Waals surface area (Å²) >= 11 is 5.17. The maximum atomic E-state index is 12.1. The first-order valence-corrected chi connectivity index (χ1v) is 9.41. The van der Waals surface area contributed by atoms with Gasteiger partial charge in [0.1, 0.15) is 6.04 Å². The molecule has 0 aliphatic carbocycles. The van der Waals surface area contributed by atoms with Gasteiger partial charge >= 0.3 is 0 Å². The first-order valence-electron chi connectivity index (χ1n) is 7.56. The molecule has 0 fully saturated rings. The molecule has 7 nitrogen and oxygen atoms in total. The molecule has 0 bridgehead atoms. The molecule has 1 aromatic rings. The van der Waals surface area contributed by atoms with Gasteiger partial charge in [-0.15, -0.1) is 0 Å². The van der Waals surface area contributed by atoms with Crippen LogP contribution in [0.1, 0.15) is 20.3 Å². The van der Waals surface area contributed by atoms with Crippen molar-refractivity contribution in [1.82, 2.24) is 14.9 Å². The Labute approximate surface area is 148 Å². The van der Waals surface area contributed by atoms with Crippen molar-refractivity contribution >= 4 is 38.9 Å². The lowest BCUT2D eigenvalue weighted by atomic mass is 10.3. The Kier molecular flexibility index (Phi) is 7.59. The van der Waals surface area contributed by atoms with E-state index in [0.717, 1.165) is 10.7 Å². The third-order valence-electron chi connectivity index (χ3n) is 3.16. The van der Waals surface area contributed by atoms with Crippen LogP contribution in [0.2, 0.25) is 0 Å². The van der Waals surface area contributed by atoms with Gasteiger partial charge in [-0.1, -0.05) is 13.0 Å². The number of nitrogens with one attached hydrogen (secondary N) is 3. The number of rotatable bonds is 7. The highest BCUT2D eigenvalue weighted by molar-refractivity contribution is 7.89. The van der Waals surface area contributed by atoms with E-state index < -0.39 is 16.1 Å². The summed E-state index contributed by atoms with van der Waals surface area (Å²) < 4.78 is 25.4. The number of hydrogen-bond donors (Lipinski definition) is 3. The van der Waals surface area contributed by atoms with Gasteiger partial charge in [0.15, 0.2) is 5.11 Å². The molecule has 0 aliphatic heterocycles. The summed E-state index contributed by atoms with van der Waals surface area (Å²) in [7, 11) is -0.576. The highest BCUT2D eigenvalue weighted by Gasteiger charge is 2.18. The molecule has 0 radical (unpaired) electrons. The first-order chi connectivity index (χ1) is 11.2. The molecular formula is C15H24N4O3S2. The fourth-order valence-corrected chi connectivity index (χ4v) is 3.02. The maximum Gasteiger partial charge on any atom is 0.242 e. The molecule has 1 aromatic carbocycles. The Hall–Kier alpha value is -1.71. The zero-order chi connectivity index (χ0) is 18.3. The molecular weight excluding hydrogens is 348 g/mol. The SMILES string of the molecule is CCCNC(=O)[C@@H](C)NC(=S)Nc1cccc(S(=O)(=O)N(C)C)c1. The highest BCUT2D eigenvalue weighted by Crippen LogP contribution is 2.17. The lowest BCUT2D eigenvalue weighted by molar-refractivity contribution is -0.122. The van der Waals surface area contributed by atoms with E-state index in [4.69, 9.17) is 12.2 Å². The van der Waals surface area contributed by atoms with Crippen molar-refractivity contribution in [2.24, 2.45) is 0 Å². The van der Waals surface area contributed by atoms with Crippen LogP contribution in [0, 0.1) is 0 Å². The molecule has 0 saturated heterocycles. The van der Waals surface area contributed by atoms with Crippen molar-refractivity contribution in [2.75, 3.05) is 26.0 Å². The summed E-state index contributed by atoms with van der Waals surface area (Å²) in [6.45, 7) is 4.28. The van der Waals surface area contributed by atoms with Crippen LogP contribution in [-0.4, -0.2) is 50.4 Å². The molecule has 1 amide bonds. The largest absolute Gasteiger partial charge is 0.354 e. The summed E-state index contributed by atoms with van der Waals surface area (Å²) in [6, 6.07) is 5.83. The molecule has 9 heteroatoms. The smallest absolute Gasteiger partial charge is 0.242 e. The minimum absolute atomic E-state index is 0.148. The lowest BCUT2D eigenvalue weighted by Gasteiger charge is -2.17. The van der Waals surface area contributed by atoms with Gasteiger partial charge in [-0.05, 0) is 43.8 Å². The summed E-state index contributed by atoms with van der Waals surface area (Å²) in [6.07, 6.45) is 0.855. The van der Waals surface area contributed by atoms with Gasteiger partial charge < -0.3 is 16.0 Å². The number of nitrogens with zero attached hydrogens (tertiary/aromatic N) is 1. The molecule has 0 aromatic heterocycles. The summed E-state index contributed by atoms with van der Waals surface area (Å²) in [5.41, 5.74) is 0.525. The average molecular weight is 373 g/mol. The van der Waals surface area contributed by atoms with Crippen molar-refractivity contribution < 1.29 is 13.2 Å². The van der Waals surface area contributed by atoms with E-state index in [-0.39, 0.29) is 15.9 Å². The molecule has 1 atom stereocenters. The van der Waals surface area contributed by atoms with Crippen molar-refractivity contribution in [3.63, 3.8) is 0 Å². The Balaban J connectivity index is 2.73. The van der Waals surface area contributed by atoms with Gasteiger partial charge in [0.25, 0.3) is 0 Å². The molecule has 0 aliphatic rings. The van der Waals surface area contributed by atoms with E-state index in [1.807, 2.05) is 6.92 Å².